The Bertz CT molecular complexity index is 487. The molecule has 0 bridgehead atoms. The van der Waals surface area contributed by atoms with Crippen molar-refractivity contribution in [2.45, 2.75) is 25.9 Å². The zero-order chi connectivity index (χ0) is 13.3. The van der Waals surface area contributed by atoms with E-state index in [0.717, 1.165) is 5.56 Å². The lowest BCUT2D eigenvalue weighted by molar-refractivity contribution is -0.140. The average molecular weight is 247 g/mol. The number of nitrogen functional groups attached to an aromatic ring is 1. The molecule has 2 unspecified atom stereocenters. The molecule has 3 N–H and O–H groups in total. The van der Waals surface area contributed by atoms with Crippen LogP contribution in [-0.4, -0.2) is 29.3 Å². The molecule has 96 valence electrons. The number of rotatable bonds is 2. The van der Waals surface area contributed by atoms with E-state index >= 15 is 0 Å². The second kappa shape index (κ2) is 4.78. The monoisotopic (exact) mass is 247 g/mol. The molecule has 0 radical (unpaired) electrons. The van der Waals surface area contributed by atoms with Gasteiger partial charge in [0, 0.05) is 11.7 Å². The number of piperazine rings is 1. The molecule has 2 amide bonds. The Balaban J connectivity index is 2.24. The number of carbonyl (C=O) groups excluding carboxylic acids is 2. The van der Waals surface area contributed by atoms with Gasteiger partial charge in [-0.25, -0.2) is 0 Å². The molecule has 18 heavy (non-hydrogen) atoms. The van der Waals surface area contributed by atoms with E-state index in [4.69, 9.17) is 5.73 Å². The van der Waals surface area contributed by atoms with Gasteiger partial charge >= 0.3 is 0 Å². The third kappa shape index (κ3) is 2.36. The summed E-state index contributed by atoms with van der Waals surface area (Å²) >= 11 is 0. The van der Waals surface area contributed by atoms with Crippen molar-refractivity contribution in [3.63, 3.8) is 0 Å². The lowest BCUT2D eigenvalue weighted by Crippen LogP contribution is -2.57. The molecule has 0 aliphatic carbocycles. The van der Waals surface area contributed by atoms with Crippen molar-refractivity contribution in [3.8, 4) is 0 Å². The summed E-state index contributed by atoms with van der Waals surface area (Å²) < 4.78 is 0. The van der Waals surface area contributed by atoms with E-state index in [1.807, 2.05) is 36.1 Å². The fourth-order valence-electron chi connectivity index (χ4n) is 2.22. The molecule has 5 heteroatoms. The highest BCUT2D eigenvalue weighted by Crippen LogP contribution is 2.25. The van der Waals surface area contributed by atoms with Gasteiger partial charge in [-0.3, -0.25) is 19.8 Å². The Morgan fingerprint density at radius 1 is 1.44 bits per heavy atom. The van der Waals surface area contributed by atoms with Crippen LogP contribution in [0.4, 0.5) is 5.69 Å². The quantitative estimate of drug-likeness (QED) is 0.595. The van der Waals surface area contributed by atoms with Gasteiger partial charge in [0.05, 0.1) is 12.6 Å². The molecule has 1 heterocycles. The van der Waals surface area contributed by atoms with Gasteiger partial charge in [-0.15, -0.1) is 0 Å². The van der Waals surface area contributed by atoms with E-state index in [1.165, 1.54) is 0 Å². The van der Waals surface area contributed by atoms with Crippen LogP contribution in [0.1, 0.15) is 25.5 Å². The van der Waals surface area contributed by atoms with Crippen LogP contribution in [0.5, 0.6) is 0 Å². The molecule has 2 rings (SSSR count). The first-order valence-corrected chi connectivity index (χ1v) is 5.94. The summed E-state index contributed by atoms with van der Waals surface area (Å²) in [6, 6.07) is 7.16. The van der Waals surface area contributed by atoms with Crippen molar-refractivity contribution in [2.24, 2.45) is 0 Å². The summed E-state index contributed by atoms with van der Waals surface area (Å²) in [6.07, 6.45) is 0. The van der Waals surface area contributed by atoms with Crippen LogP contribution in [-0.2, 0) is 9.59 Å². The zero-order valence-electron chi connectivity index (χ0n) is 10.5. The van der Waals surface area contributed by atoms with Crippen LogP contribution in [0.3, 0.4) is 0 Å². The van der Waals surface area contributed by atoms with Gasteiger partial charge in [0.1, 0.15) is 0 Å². The lowest BCUT2D eigenvalue weighted by atomic mass is 10.0. The van der Waals surface area contributed by atoms with Gasteiger partial charge in [-0.05, 0) is 31.5 Å². The molecule has 2 atom stereocenters. The minimum Gasteiger partial charge on any atom is -0.399 e. The summed E-state index contributed by atoms with van der Waals surface area (Å²) in [5.74, 6) is -0.504. The van der Waals surface area contributed by atoms with Crippen molar-refractivity contribution in [1.29, 1.82) is 0 Å². The Kier molecular flexibility index (Phi) is 3.34. The van der Waals surface area contributed by atoms with Gasteiger partial charge in [-0.1, -0.05) is 12.1 Å². The third-order valence-corrected chi connectivity index (χ3v) is 3.36. The number of amides is 2. The maximum Gasteiger partial charge on any atom is 0.243 e. The summed E-state index contributed by atoms with van der Waals surface area (Å²) in [7, 11) is 0. The first-order chi connectivity index (χ1) is 8.49. The zero-order valence-corrected chi connectivity index (χ0v) is 10.5. The number of hydrogen-bond acceptors (Lipinski definition) is 4. The number of nitrogens with zero attached hydrogens (tertiary/aromatic N) is 1. The fourth-order valence-corrected chi connectivity index (χ4v) is 2.22. The maximum absolute atomic E-state index is 11.6. The SMILES string of the molecule is CC1C(=O)NC(=O)CN1C(C)c1cccc(N)c1. The molecule has 1 aromatic rings. The second-order valence-corrected chi connectivity index (χ2v) is 4.61. The van der Waals surface area contributed by atoms with E-state index in [-0.39, 0.29) is 30.4 Å². The Morgan fingerprint density at radius 3 is 2.83 bits per heavy atom. The average Bonchev–Trinajstić information content (AvgIpc) is 2.33. The maximum atomic E-state index is 11.6. The van der Waals surface area contributed by atoms with Crippen LogP contribution in [0.2, 0.25) is 0 Å². The number of benzene rings is 1. The standard InChI is InChI=1S/C13H17N3O2/c1-8(10-4-3-5-11(14)6-10)16-7-12(17)15-13(18)9(16)2/h3-6,8-9H,7,14H2,1-2H3,(H,15,17,18). The van der Waals surface area contributed by atoms with E-state index in [2.05, 4.69) is 5.32 Å². The predicted molar refractivity (Wildman–Crippen MR) is 68.6 cm³/mol. The largest absolute Gasteiger partial charge is 0.399 e. The van der Waals surface area contributed by atoms with Gasteiger partial charge in [-0.2, -0.15) is 0 Å². The van der Waals surface area contributed by atoms with E-state index < -0.39 is 0 Å². The Hall–Kier alpha value is -1.88. The molecule has 1 aromatic carbocycles. The topological polar surface area (TPSA) is 75.4 Å². The van der Waals surface area contributed by atoms with Crippen LogP contribution in [0.25, 0.3) is 0 Å². The van der Waals surface area contributed by atoms with Crippen LogP contribution < -0.4 is 11.1 Å². The second-order valence-electron chi connectivity index (χ2n) is 4.61. The summed E-state index contributed by atoms with van der Waals surface area (Å²) in [5.41, 5.74) is 7.43. The number of nitrogens with two attached hydrogens (primary N) is 1. The number of nitrogens with one attached hydrogen (secondary N) is 1. The predicted octanol–water partition coefficient (Wildman–Crippen LogP) is 0.677. The van der Waals surface area contributed by atoms with Gasteiger partial charge in [0.2, 0.25) is 11.8 Å². The highest BCUT2D eigenvalue weighted by Gasteiger charge is 2.33. The number of imide groups is 1. The van der Waals surface area contributed by atoms with Gasteiger partial charge in [0.25, 0.3) is 0 Å². The Labute approximate surface area is 106 Å². The molecule has 0 saturated carbocycles. The molecule has 0 aromatic heterocycles. The molecule has 5 nitrogen and oxygen atoms in total. The van der Waals surface area contributed by atoms with E-state index in [0.29, 0.717) is 5.69 Å². The number of carbonyl (C=O) groups is 2. The van der Waals surface area contributed by atoms with Crippen LogP contribution in [0.15, 0.2) is 24.3 Å². The minimum atomic E-state index is -0.320. The normalized spacial score (nSPS) is 22.7. The fraction of sp³-hybridized carbons (Fsp3) is 0.385. The van der Waals surface area contributed by atoms with Crippen LogP contribution >= 0.6 is 0 Å². The molecular formula is C13H17N3O2. The van der Waals surface area contributed by atoms with Crippen molar-refractivity contribution in [3.05, 3.63) is 29.8 Å². The van der Waals surface area contributed by atoms with Crippen molar-refractivity contribution in [1.82, 2.24) is 10.2 Å². The molecule has 0 spiro atoms. The molecule has 1 aliphatic heterocycles. The third-order valence-electron chi connectivity index (χ3n) is 3.36. The van der Waals surface area contributed by atoms with Crippen molar-refractivity contribution in [2.75, 3.05) is 12.3 Å². The molecule has 1 aliphatic rings. The van der Waals surface area contributed by atoms with Gasteiger partial charge < -0.3 is 5.73 Å². The smallest absolute Gasteiger partial charge is 0.243 e. The molecule has 1 fully saturated rings. The number of anilines is 1. The van der Waals surface area contributed by atoms with E-state index in [1.54, 1.807) is 6.92 Å². The minimum absolute atomic E-state index is 0.0292. The van der Waals surface area contributed by atoms with E-state index in [9.17, 15) is 9.59 Å². The van der Waals surface area contributed by atoms with Crippen molar-refractivity contribution < 1.29 is 9.59 Å². The number of hydrogen-bond donors (Lipinski definition) is 2. The lowest BCUT2D eigenvalue weighted by Gasteiger charge is -2.36. The summed E-state index contributed by atoms with van der Waals surface area (Å²) in [4.78, 5) is 24.9. The van der Waals surface area contributed by atoms with Crippen molar-refractivity contribution >= 4 is 17.5 Å². The van der Waals surface area contributed by atoms with Crippen LogP contribution in [0, 0.1) is 0 Å². The summed E-state index contributed by atoms with van der Waals surface area (Å²) in [6.45, 7) is 3.99. The highest BCUT2D eigenvalue weighted by atomic mass is 16.2. The highest BCUT2D eigenvalue weighted by molar-refractivity contribution is 6.00. The Morgan fingerprint density at radius 2 is 2.17 bits per heavy atom. The molecule has 1 saturated heterocycles. The first kappa shape index (κ1) is 12.6. The van der Waals surface area contributed by atoms with Gasteiger partial charge in [0.15, 0.2) is 0 Å². The summed E-state index contributed by atoms with van der Waals surface area (Å²) in [5, 5.41) is 2.33. The first-order valence-electron chi connectivity index (χ1n) is 5.94. The molecular weight excluding hydrogens is 230 g/mol.